The van der Waals surface area contributed by atoms with Crippen LogP contribution in [0.5, 0.6) is 0 Å². The van der Waals surface area contributed by atoms with Crippen LogP contribution in [0.25, 0.3) is 0 Å². The number of likely N-dealkylation sites (N-methyl/N-ethyl adjacent to an activating group) is 1. The normalized spacial score (nSPS) is 14.3. The van der Waals surface area contributed by atoms with E-state index < -0.39 is 12.1 Å². The van der Waals surface area contributed by atoms with Crippen LogP contribution in [0.3, 0.4) is 0 Å². The van der Waals surface area contributed by atoms with Crippen molar-refractivity contribution in [1.82, 2.24) is 19.6 Å². The molecule has 1 N–H and O–H groups in total. The zero-order chi connectivity index (χ0) is 21.6. The number of fused-ring (bicyclic) bond motifs is 1. The maximum atomic E-state index is 11.9. The molecule has 1 aromatic heterocycles. The van der Waals surface area contributed by atoms with Gasteiger partial charge < -0.3 is 14.7 Å². The average molecular weight is 408 g/mol. The highest BCUT2D eigenvalue weighted by molar-refractivity contribution is 5.77. The highest BCUT2D eigenvalue weighted by Crippen LogP contribution is 2.25. The van der Waals surface area contributed by atoms with E-state index in [1.54, 1.807) is 26.1 Å². The first-order valence-electron chi connectivity index (χ1n) is 8.69. The zero-order valence-electron chi connectivity index (χ0n) is 16.7. The maximum absolute atomic E-state index is 11.9. The Morgan fingerprint density at radius 3 is 2.32 bits per heavy atom. The molecule has 11 heteroatoms. The Balaban J connectivity index is 0.000000480. The van der Waals surface area contributed by atoms with E-state index in [-0.39, 0.29) is 5.91 Å². The second kappa shape index (κ2) is 9.87. The summed E-state index contributed by atoms with van der Waals surface area (Å²) in [7, 11) is 5.30. The summed E-state index contributed by atoms with van der Waals surface area (Å²) in [6, 6.07) is 0.314. The molecule has 0 bridgehead atoms. The second-order valence-corrected chi connectivity index (χ2v) is 6.90. The van der Waals surface area contributed by atoms with Crippen molar-refractivity contribution in [2.24, 2.45) is 0 Å². The molecule has 28 heavy (non-hydrogen) atoms. The first-order chi connectivity index (χ1) is 12.9. The molecule has 8 nitrogen and oxygen atoms in total. The molecule has 2 rings (SSSR count). The average Bonchev–Trinajstić information content (AvgIpc) is 2.93. The quantitative estimate of drug-likeness (QED) is 0.798. The number of nitrogens with zero attached hydrogens (tertiary/aromatic N) is 4. The highest BCUT2D eigenvalue weighted by Gasteiger charge is 2.38. The van der Waals surface area contributed by atoms with Crippen molar-refractivity contribution in [1.29, 1.82) is 0 Å². The number of halogens is 3. The lowest BCUT2D eigenvalue weighted by Crippen LogP contribution is -2.40. The maximum Gasteiger partial charge on any atom is 0.490 e. The van der Waals surface area contributed by atoms with Crippen LogP contribution in [0.2, 0.25) is 0 Å². The summed E-state index contributed by atoms with van der Waals surface area (Å²) in [5, 5.41) is 11.8. The molecule has 0 aromatic carbocycles. The number of rotatable bonds is 5. The van der Waals surface area contributed by atoms with Crippen molar-refractivity contribution < 1.29 is 32.6 Å². The molecule has 2 heterocycles. The van der Waals surface area contributed by atoms with Crippen molar-refractivity contribution in [2.75, 3.05) is 34.3 Å². The van der Waals surface area contributed by atoms with E-state index in [4.69, 9.17) is 19.7 Å². The van der Waals surface area contributed by atoms with Gasteiger partial charge in [-0.15, -0.1) is 0 Å². The van der Waals surface area contributed by atoms with Crippen molar-refractivity contribution in [3.8, 4) is 0 Å². The first kappa shape index (κ1) is 23.9. The number of carbonyl (C=O) groups is 2. The van der Waals surface area contributed by atoms with Gasteiger partial charge >= 0.3 is 12.1 Å². The van der Waals surface area contributed by atoms with Gasteiger partial charge in [0.2, 0.25) is 5.91 Å². The minimum atomic E-state index is -5.08. The van der Waals surface area contributed by atoms with Crippen LogP contribution in [-0.4, -0.2) is 77.0 Å². The molecule has 160 valence electrons. The molecule has 0 atom stereocenters. The number of ether oxygens (including phenoxy) is 1. The monoisotopic (exact) mass is 408 g/mol. The molecule has 0 fully saturated rings. The van der Waals surface area contributed by atoms with E-state index in [9.17, 15) is 18.0 Å². The molecule has 0 saturated carbocycles. The van der Waals surface area contributed by atoms with Gasteiger partial charge in [-0.05, 0) is 20.3 Å². The molecule has 1 aliphatic rings. The second-order valence-electron chi connectivity index (χ2n) is 6.90. The molecular formula is C17H27F3N4O4. The minimum absolute atomic E-state index is 0.145. The van der Waals surface area contributed by atoms with E-state index in [0.717, 1.165) is 25.2 Å². The molecule has 0 saturated heterocycles. The van der Waals surface area contributed by atoms with Gasteiger partial charge in [0.25, 0.3) is 0 Å². The summed E-state index contributed by atoms with van der Waals surface area (Å²) in [6.07, 6.45) is -4.15. The van der Waals surface area contributed by atoms with Crippen LogP contribution in [0.15, 0.2) is 0 Å². The fourth-order valence-electron chi connectivity index (χ4n) is 2.72. The fourth-order valence-corrected chi connectivity index (χ4v) is 2.72. The number of carbonyl (C=O) groups excluding carboxylic acids is 1. The molecule has 0 aliphatic carbocycles. The van der Waals surface area contributed by atoms with Gasteiger partial charge in [-0.25, -0.2) is 4.79 Å². The lowest BCUT2D eigenvalue weighted by Gasteiger charge is -2.28. The number of hydrogen-bond donors (Lipinski definition) is 1. The minimum Gasteiger partial charge on any atom is -0.475 e. The van der Waals surface area contributed by atoms with Crippen LogP contribution < -0.4 is 0 Å². The summed E-state index contributed by atoms with van der Waals surface area (Å²) >= 11 is 0. The van der Waals surface area contributed by atoms with Crippen LogP contribution >= 0.6 is 0 Å². The van der Waals surface area contributed by atoms with E-state index in [2.05, 4.69) is 23.4 Å². The number of hydrogen-bond acceptors (Lipinski definition) is 5. The molecule has 0 radical (unpaired) electrons. The summed E-state index contributed by atoms with van der Waals surface area (Å²) in [4.78, 5) is 24.6. The van der Waals surface area contributed by atoms with E-state index in [0.29, 0.717) is 19.2 Å². The van der Waals surface area contributed by atoms with Gasteiger partial charge in [0, 0.05) is 45.9 Å². The Kier molecular flexibility index (Phi) is 8.43. The standard InChI is InChI=1S/C15H26N4O2.C2HF3O2/c1-11(2)19-14-8-18(9-15(20)17(3)4)7-6-12(14)13(16-19)10-21-5;3-2(4,5)1(6)7/h11H,6-10H2,1-5H3;(H,6,7). The Bertz CT molecular complexity index is 687. The van der Waals surface area contributed by atoms with Crippen LogP contribution in [0.4, 0.5) is 13.2 Å². The summed E-state index contributed by atoms with van der Waals surface area (Å²) < 4.78 is 39.1. The van der Waals surface area contributed by atoms with Crippen LogP contribution in [0.1, 0.15) is 36.8 Å². The van der Waals surface area contributed by atoms with Gasteiger partial charge in [-0.1, -0.05) is 0 Å². The number of aliphatic carboxylic acids is 1. The van der Waals surface area contributed by atoms with E-state index >= 15 is 0 Å². The van der Waals surface area contributed by atoms with Gasteiger partial charge in [0.1, 0.15) is 0 Å². The predicted octanol–water partition coefficient (Wildman–Crippen LogP) is 1.69. The fraction of sp³-hybridized carbons (Fsp3) is 0.706. The Morgan fingerprint density at radius 1 is 1.32 bits per heavy atom. The van der Waals surface area contributed by atoms with Crippen molar-refractivity contribution >= 4 is 11.9 Å². The first-order valence-corrected chi connectivity index (χ1v) is 8.69. The number of carboxylic acid groups (broad SMARTS) is 1. The molecule has 1 aromatic rings. The molecule has 0 unspecified atom stereocenters. The van der Waals surface area contributed by atoms with Gasteiger partial charge in [-0.2, -0.15) is 18.3 Å². The summed E-state index contributed by atoms with van der Waals surface area (Å²) in [5.41, 5.74) is 3.58. The number of alkyl halides is 3. The number of aromatic nitrogens is 2. The number of amides is 1. The number of methoxy groups -OCH3 is 1. The van der Waals surface area contributed by atoms with Crippen molar-refractivity contribution in [3.63, 3.8) is 0 Å². The molecular weight excluding hydrogens is 381 g/mol. The molecule has 1 amide bonds. The van der Waals surface area contributed by atoms with Crippen molar-refractivity contribution in [2.45, 2.75) is 45.6 Å². The Morgan fingerprint density at radius 2 is 1.89 bits per heavy atom. The lowest BCUT2D eigenvalue weighted by atomic mass is 10.0. The third-order valence-corrected chi connectivity index (χ3v) is 4.12. The smallest absolute Gasteiger partial charge is 0.475 e. The van der Waals surface area contributed by atoms with Gasteiger partial charge in [0.05, 0.1) is 24.5 Å². The van der Waals surface area contributed by atoms with E-state index in [1.165, 1.54) is 11.3 Å². The zero-order valence-corrected chi connectivity index (χ0v) is 16.7. The van der Waals surface area contributed by atoms with Gasteiger partial charge in [-0.3, -0.25) is 14.4 Å². The van der Waals surface area contributed by atoms with Crippen LogP contribution in [-0.2, 0) is 33.9 Å². The third kappa shape index (κ3) is 6.48. The highest BCUT2D eigenvalue weighted by atomic mass is 19.4. The van der Waals surface area contributed by atoms with Crippen LogP contribution in [0, 0.1) is 0 Å². The third-order valence-electron chi connectivity index (χ3n) is 4.12. The van der Waals surface area contributed by atoms with E-state index in [1.807, 2.05) is 0 Å². The molecule has 1 aliphatic heterocycles. The van der Waals surface area contributed by atoms with Crippen molar-refractivity contribution in [3.05, 3.63) is 17.0 Å². The Hall–Kier alpha value is -2.14. The Labute approximate surface area is 161 Å². The molecule has 0 spiro atoms. The summed E-state index contributed by atoms with van der Waals surface area (Å²) in [6.45, 7) is 6.96. The largest absolute Gasteiger partial charge is 0.490 e. The summed E-state index contributed by atoms with van der Waals surface area (Å²) in [5.74, 6) is -2.61. The topological polar surface area (TPSA) is 87.9 Å². The predicted molar refractivity (Wildman–Crippen MR) is 94.7 cm³/mol. The van der Waals surface area contributed by atoms with Gasteiger partial charge in [0.15, 0.2) is 0 Å². The SMILES string of the molecule is COCc1nn(C(C)C)c2c1CCN(CC(=O)N(C)C)C2.O=C(O)C(F)(F)F. The number of carboxylic acids is 1. The lowest BCUT2D eigenvalue weighted by molar-refractivity contribution is -0.192.